The second-order valence-electron chi connectivity index (χ2n) is 3.46. The van der Waals surface area contributed by atoms with Crippen LogP contribution in [0.1, 0.15) is 35.8 Å². The first kappa shape index (κ1) is 9.51. The van der Waals surface area contributed by atoms with E-state index in [4.69, 9.17) is 5.73 Å². The number of halogens is 3. The van der Waals surface area contributed by atoms with E-state index >= 15 is 0 Å². The summed E-state index contributed by atoms with van der Waals surface area (Å²) in [5.41, 5.74) is 5.48. The van der Waals surface area contributed by atoms with Gasteiger partial charge in [-0.15, -0.1) is 0 Å². The first-order valence-electron chi connectivity index (χ1n) is 4.40. The molecule has 1 aromatic heterocycles. The number of fused-ring (bicyclic) bond motifs is 1. The third-order valence-electron chi connectivity index (χ3n) is 2.46. The Morgan fingerprint density at radius 1 is 1.43 bits per heavy atom. The van der Waals surface area contributed by atoms with Gasteiger partial charge in [0.2, 0.25) is 0 Å². The largest absolute Gasteiger partial charge is 0.435 e. The number of rotatable bonds is 0. The number of aromatic amines is 1. The molecule has 1 heterocycles. The highest BCUT2D eigenvalue weighted by Gasteiger charge is 2.40. The van der Waals surface area contributed by atoms with Crippen molar-refractivity contribution < 1.29 is 13.2 Å². The van der Waals surface area contributed by atoms with E-state index in [1.807, 2.05) is 0 Å². The SMILES string of the molecule is N[C@H]1CCCc2[nH]nc(C(F)(F)F)c21. The van der Waals surface area contributed by atoms with Gasteiger partial charge in [0.1, 0.15) is 0 Å². The Bertz CT molecular complexity index is 342. The molecule has 0 radical (unpaired) electrons. The zero-order valence-corrected chi connectivity index (χ0v) is 7.36. The van der Waals surface area contributed by atoms with Crippen molar-refractivity contribution in [2.45, 2.75) is 31.5 Å². The van der Waals surface area contributed by atoms with Gasteiger partial charge in [-0.2, -0.15) is 18.3 Å². The number of nitrogens with zero attached hydrogens (tertiary/aromatic N) is 1. The molecule has 3 nitrogen and oxygen atoms in total. The van der Waals surface area contributed by atoms with E-state index in [0.717, 1.165) is 6.42 Å². The summed E-state index contributed by atoms with van der Waals surface area (Å²) >= 11 is 0. The van der Waals surface area contributed by atoms with Crippen molar-refractivity contribution in [1.82, 2.24) is 10.2 Å². The molecule has 6 heteroatoms. The summed E-state index contributed by atoms with van der Waals surface area (Å²) < 4.78 is 37.3. The first-order valence-corrected chi connectivity index (χ1v) is 4.40. The molecule has 1 aliphatic carbocycles. The standard InChI is InChI=1S/C8H10F3N3/c9-8(10,11)7-6-4(12)2-1-3-5(6)13-14-7/h4H,1-3,12H2,(H,13,14)/t4-/m0/s1. The van der Waals surface area contributed by atoms with E-state index in [2.05, 4.69) is 10.2 Å². The Balaban J connectivity index is 2.49. The van der Waals surface area contributed by atoms with Crippen LogP contribution < -0.4 is 5.73 Å². The van der Waals surface area contributed by atoms with Crippen LogP contribution >= 0.6 is 0 Å². The Morgan fingerprint density at radius 2 is 2.14 bits per heavy atom. The minimum absolute atomic E-state index is 0.156. The zero-order chi connectivity index (χ0) is 10.3. The molecule has 1 atom stereocenters. The van der Waals surface area contributed by atoms with Crippen LogP contribution in [-0.2, 0) is 12.6 Å². The number of hydrogen-bond acceptors (Lipinski definition) is 2. The molecule has 0 saturated heterocycles. The maximum Gasteiger partial charge on any atom is 0.435 e. The molecular formula is C8H10F3N3. The van der Waals surface area contributed by atoms with E-state index in [-0.39, 0.29) is 5.56 Å². The quantitative estimate of drug-likeness (QED) is 0.678. The van der Waals surface area contributed by atoms with Crippen molar-refractivity contribution in [3.05, 3.63) is 17.0 Å². The average molecular weight is 205 g/mol. The van der Waals surface area contributed by atoms with Gasteiger partial charge in [-0.25, -0.2) is 0 Å². The Labute approximate surface area is 78.5 Å². The van der Waals surface area contributed by atoms with E-state index in [9.17, 15) is 13.2 Å². The molecule has 14 heavy (non-hydrogen) atoms. The molecule has 1 aromatic rings. The fraction of sp³-hybridized carbons (Fsp3) is 0.625. The number of alkyl halides is 3. The maximum absolute atomic E-state index is 12.4. The molecule has 0 aliphatic heterocycles. The number of hydrogen-bond donors (Lipinski definition) is 2. The average Bonchev–Trinajstić information content (AvgIpc) is 2.47. The molecule has 78 valence electrons. The summed E-state index contributed by atoms with van der Waals surface area (Å²) in [6, 6.07) is -0.533. The van der Waals surface area contributed by atoms with Gasteiger partial charge in [-0.1, -0.05) is 0 Å². The second kappa shape index (κ2) is 2.98. The molecule has 3 N–H and O–H groups in total. The highest BCUT2D eigenvalue weighted by Crippen LogP contribution is 2.37. The van der Waals surface area contributed by atoms with Crippen LogP contribution in [0, 0.1) is 0 Å². The lowest BCUT2D eigenvalue weighted by atomic mass is 9.91. The molecule has 0 spiro atoms. The summed E-state index contributed by atoms with van der Waals surface area (Å²) in [5, 5.41) is 5.70. The number of nitrogens with one attached hydrogen (secondary N) is 1. The predicted molar refractivity (Wildman–Crippen MR) is 43.5 cm³/mol. The Hall–Kier alpha value is -1.04. The Kier molecular flexibility index (Phi) is 2.02. The summed E-state index contributed by atoms with van der Waals surface area (Å²) in [7, 11) is 0. The monoisotopic (exact) mass is 205 g/mol. The van der Waals surface area contributed by atoms with Crippen LogP contribution in [0.3, 0.4) is 0 Å². The number of nitrogens with two attached hydrogens (primary N) is 1. The molecule has 0 amide bonds. The van der Waals surface area contributed by atoms with E-state index in [1.54, 1.807) is 0 Å². The minimum atomic E-state index is -4.40. The lowest BCUT2D eigenvalue weighted by Gasteiger charge is -2.19. The normalized spacial score (nSPS) is 22.1. The highest BCUT2D eigenvalue weighted by molar-refractivity contribution is 5.32. The van der Waals surface area contributed by atoms with E-state index in [1.165, 1.54) is 0 Å². The zero-order valence-electron chi connectivity index (χ0n) is 7.36. The van der Waals surface area contributed by atoms with Gasteiger partial charge in [0, 0.05) is 17.3 Å². The van der Waals surface area contributed by atoms with Gasteiger partial charge < -0.3 is 5.73 Å². The van der Waals surface area contributed by atoms with Crippen LogP contribution in [0.2, 0.25) is 0 Å². The van der Waals surface area contributed by atoms with Gasteiger partial charge in [-0.3, -0.25) is 5.10 Å². The van der Waals surface area contributed by atoms with Crippen molar-refractivity contribution >= 4 is 0 Å². The van der Waals surface area contributed by atoms with Gasteiger partial charge in [0.05, 0.1) is 0 Å². The number of aryl methyl sites for hydroxylation is 1. The van der Waals surface area contributed by atoms with E-state index in [0.29, 0.717) is 18.5 Å². The summed E-state index contributed by atoms with van der Waals surface area (Å²) in [5.74, 6) is 0. The lowest BCUT2D eigenvalue weighted by Crippen LogP contribution is -2.20. The van der Waals surface area contributed by atoms with Crippen molar-refractivity contribution in [3.8, 4) is 0 Å². The smallest absolute Gasteiger partial charge is 0.324 e. The van der Waals surface area contributed by atoms with Crippen molar-refractivity contribution in [1.29, 1.82) is 0 Å². The van der Waals surface area contributed by atoms with Gasteiger partial charge in [-0.05, 0) is 19.3 Å². The highest BCUT2D eigenvalue weighted by atomic mass is 19.4. The summed E-state index contributed by atoms with van der Waals surface area (Å²) in [6.45, 7) is 0. The summed E-state index contributed by atoms with van der Waals surface area (Å²) in [6.07, 6.45) is -2.39. The van der Waals surface area contributed by atoms with Gasteiger partial charge in [0.25, 0.3) is 0 Å². The molecule has 2 rings (SSSR count). The van der Waals surface area contributed by atoms with Crippen LogP contribution in [0.25, 0.3) is 0 Å². The Morgan fingerprint density at radius 3 is 2.79 bits per heavy atom. The fourth-order valence-electron chi connectivity index (χ4n) is 1.84. The molecule has 0 unspecified atom stereocenters. The lowest BCUT2D eigenvalue weighted by molar-refractivity contribution is -0.142. The number of aromatic nitrogens is 2. The predicted octanol–water partition coefficient (Wildman–Crippen LogP) is 1.76. The fourth-order valence-corrected chi connectivity index (χ4v) is 1.84. The molecule has 0 bridgehead atoms. The molecular weight excluding hydrogens is 195 g/mol. The van der Waals surface area contributed by atoms with Crippen LogP contribution in [0.4, 0.5) is 13.2 Å². The summed E-state index contributed by atoms with van der Waals surface area (Å²) in [4.78, 5) is 0. The first-order chi connectivity index (χ1) is 6.50. The third kappa shape index (κ3) is 1.39. The van der Waals surface area contributed by atoms with E-state index < -0.39 is 17.9 Å². The second-order valence-corrected chi connectivity index (χ2v) is 3.46. The van der Waals surface area contributed by atoms with Crippen molar-refractivity contribution in [3.63, 3.8) is 0 Å². The topological polar surface area (TPSA) is 54.7 Å². The molecule has 0 saturated carbocycles. The van der Waals surface area contributed by atoms with Crippen molar-refractivity contribution in [2.24, 2.45) is 5.73 Å². The molecule has 0 aromatic carbocycles. The third-order valence-corrected chi connectivity index (χ3v) is 2.46. The molecule has 0 fully saturated rings. The number of H-pyrrole nitrogens is 1. The minimum Gasteiger partial charge on any atom is -0.324 e. The van der Waals surface area contributed by atoms with Gasteiger partial charge in [0.15, 0.2) is 5.69 Å². The van der Waals surface area contributed by atoms with Crippen LogP contribution in [0.15, 0.2) is 0 Å². The van der Waals surface area contributed by atoms with Crippen LogP contribution in [-0.4, -0.2) is 10.2 Å². The maximum atomic E-state index is 12.4. The van der Waals surface area contributed by atoms with Crippen LogP contribution in [0.5, 0.6) is 0 Å². The molecule has 1 aliphatic rings. The van der Waals surface area contributed by atoms with Crippen molar-refractivity contribution in [2.75, 3.05) is 0 Å². The van der Waals surface area contributed by atoms with Gasteiger partial charge >= 0.3 is 6.18 Å².